The number of benzene rings is 2. The van der Waals surface area contributed by atoms with Crippen LogP contribution in [0.5, 0.6) is 17.2 Å². The lowest BCUT2D eigenvalue weighted by molar-refractivity contribution is -0.155. The van der Waals surface area contributed by atoms with Gasteiger partial charge in [-0.3, -0.25) is 4.79 Å². The first-order valence-corrected chi connectivity index (χ1v) is 11.1. The zero-order valence-electron chi connectivity index (χ0n) is 19.9. The molecule has 1 aromatic heterocycles. The third kappa shape index (κ3) is 5.57. The van der Waals surface area contributed by atoms with E-state index in [1.807, 2.05) is 56.3 Å². The van der Waals surface area contributed by atoms with E-state index in [9.17, 15) is 14.7 Å². The second-order valence-electron chi connectivity index (χ2n) is 8.35. The van der Waals surface area contributed by atoms with Gasteiger partial charge >= 0.3 is 5.97 Å². The average Bonchev–Trinajstić information content (AvgIpc) is 2.82. The third-order valence-corrected chi connectivity index (χ3v) is 5.46. The fourth-order valence-corrected chi connectivity index (χ4v) is 3.66. The highest BCUT2D eigenvalue weighted by molar-refractivity contribution is 5.97. The molecule has 0 aliphatic heterocycles. The fraction of sp³-hybridized carbons (Fsp3) is 0.346. The lowest BCUT2D eigenvalue weighted by atomic mass is 10.0. The van der Waals surface area contributed by atoms with Gasteiger partial charge in [-0.05, 0) is 31.2 Å². The number of pyridine rings is 1. The van der Waals surface area contributed by atoms with Crippen LogP contribution in [0.3, 0.4) is 0 Å². The van der Waals surface area contributed by atoms with Crippen LogP contribution in [0.2, 0.25) is 0 Å². The molecule has 0 bridgehead atoms. The SMILES string of the molecule is COc1ccnc(C(=O)N[C@@H](C)C(=O)O[C@@H](C)[C@@H](Oc2cccc3ccccc23)C(C)C)c1O. The number of esters is 1. The molecule has 1 heterocycles. The highest BCUT2D eigenvalue weighted by Gasteiger charge is 2.29. The van der Waals surface area contributed by atoms with E-state index in [1.54, 1.807) is 6.92 Å². The fourth-order valence-electron chi connectivity index (χ4n) is 3.66. The Balaban J connectivity index is 1.68. The van der Waals surface area contributed by atoms with E-state index in [4.69, 9.17) is 14.2 Å². The Morgan fingerprint density at radius 3 is 2.38 bits per heavy atom. The zero-order chi connectivity index (χ0) is 24.8. The summed E-state index contributed by atoms with van der Waals surface area (Å²) < 4.78 is 16.9. The van der Waals surface area contributed by atoms with Crippen LogP contribution in [0.1, 0.15) is 38.2 Å². The van der Waals surface area contributed by atoms with Crippen LogP contribution in [-0.2, 0) is 9.53 Å². The van der Waals surface area contributed by atoms with Crippen molar-refractivity contribution in [2.24, 2.45) is 5.92 Å². The largest absolute Gasteiger partial charge is 0.503 e. The molecule has 0 saturated heterocycles. The summed E-state index contributed by atoms with van der Waals surface area (Å²) in [7, 11) is 1.36. The number of nitrogens with one attached hydrogen (secondary N) is 1. The summed E-state index contributed by atoms with van der Waals surface area (Å²) in [5.41, 5.74) is -0.244. The second-order valence-corrected chi connectivity index (χ2v) is 8.35. The van der Waals surface area contributed by atoms with Gasteiger partial charge in [0.1, 0.15) is 24.0 Å². The molecule has 3 rings (SSSR count). The zero-order valence-corrected chi connectivity index (χ0v) is 19.9. The molecular weight excluding hydrogens is 436 g/mol. The molecule has 0 saturated carbocycles. The number of ether oxygens (including phenoxy) is 3. The van der Waals surface area contributed by atoms with Crippen molar-refractivity contribution < 1.29 is 28.9 Å². The highest BCUT2D eigenvalue weighted by atomic mass is 16.6. The molecule has 34 heavy (non-hydrogen) atoms. The maximum Gasteiger partial charge on any atom is 0.328 e. The Bertz CT molecular complexity index is 1160. The Morgan fingerprint density at radius 2 is 1.68 bits per heavy atom. The number of rotatable bonds is 9. The van der Waals surface area contributed by atoms with Crippen LogP contribution < -0.4 is 14.8 Å². The number of aromatic hydroxyl groups is 1. The number of amides is 1. The smallest absolute Gasteiger partial charge is 0.328 e. The molecule has 0 aliphatic carbocycles. The van der Waals surface area contributed by atoms with Crippen molar-refractivity contribution in [1.82, 2.24) is 10.3 Å². The van der Waals surface area contributed by atoms with Crippen LogP contribution >= 0.6 is 0 Å². The van der Waals surface area contributed by atoms with Crippen molar-refractivity contribution in [3.63, 3.8) is 0 Å². The number of fused-ring (bicyclic) bond motifs is 1. The van der Waals surface area contributed by atoms with Crippen molar-refractivity contribution in [3.8, 4) is 17.2 Å². The first-order valence-electron chi connectivity index (χ1n) is 11.1. The van der Waals surface area contributed by atoms with Gasteiger partial charge in [0, 0.05) is 17.6 Å². The monoisotopic (exact) mass is 466 g/mol. The van der Waals surface area contributed by atoms with Gasteiger partial charge < -0.3 is 24.6 Å². The molecule has 1 amide bonds. The summed E-state index contributed by atoms with van der Waals surface area (Å²) in [4.78, 5) is 29.1. The number of carbonyl (C=O) groups is 2. The Labute approximate surface area is 198 Å². The summed E-state index contributed by atoms with van der Waals surface area (Å²) in [5.74, 6) is -0.893. The van der Waals surface area contributed by atoms with Gasteiger partial charge in [0.25, 0.3) is 5.91 Å². The van der Waals surface area contributed by atoms with Crippen LogP contribution in [0.25, 0.3) is 10.8 Å². The molecule has 2 aromatic carbocycles. The Hall–Kier alpha value is -3.81. The standard InChI is InChI=1S/C26H30N2O6/c1-15(2)24(34-20-12-8-10-18-9-6-7-11-19(18)20)17(4)33-26(31)16(3)28-25(30)22-23(29)21(32-5)13-14-27-22/h6-17,24,29H,1-5H3,(H,28,30)/t16-,17-,24-/m0/s1. The van der Waals surface area contributed by atoms with E-state index in [2.05, 4.69) is 10.3 Å². The van der Waals surface area contributed by atoms with E-state index >= 15 is 0 Å². The van der Waals surface area contributed by atoms with Crippen molar-refractivity contribution in [3.05, 3.63) is 60.4 Å². The highest BCUT2D eigenvalue weighted by Crippen LogP contribution is 2.29. The molecule has 0 radical (unpaired) electrons. The Morgan fingerprint density at radius 1 is 0.971 bits per heavy atom. The second kappa shape index (κ2) is 10.9. The van der Waals surface area contributed by atoms with Gasteiger partial charge in [-0.15, -0.1) is 0 Å². The lowest BCUT2D eigenvalue weighted by Crippen LogP contribution is -2.44. The number of nitrogens with zero attached hydrogens (tertiary/aromatic N) is 1. The molecule has 0 fully saturated rings. The minimum Gasteiger partial charge on any atom is -0.503 e. The van der Waals surface area contributed by atoms with Gasteiger partial charge in [0.05, 0.1) is 7.11 Å². The van der Waals surface area contributed by atoms with Gasteiger partial charge in [-0.2, -0.15) is 0 Å². The van der Waals surface area contributed by atoms with Crippen LogP contribution in [-0.4, -0.2) is 47.3 Å². The maximum atomic E-state index is 12.7. The molecular formula is C26H30N2O6. The van der Waals surface area contributed by atoms with Crippen LogP contribution in [0.4, 0.5) is 0 Å². The number of hydrogen-bond acceptors (Lipinski definition) is 7. The topological polar surface area (TPSA) is 107 Å². The first-order chi connectivity index (χ1) is 16.2. The first kappa shape index (κ1) is 24.8. The molecule has 8 heteroatoms. The molecule has 2 N–H and O–H groups in total. The number of methoxy groups -OCH3 is 1. The minimum absolute atomic E-state index is 0.0459. The van der Waals surface area contributed by atoms with E-state index in [1.165, 1.54) is 26.3 Å². The summed E-state index contributed by atoms with van der Waals surface area (Å²) in [6, 6.07) is 14.2. The maximum absolute atomic E-state index is 12.7. The molecule has 0 unspecified atom stereocenters. The van der Waals surface area contributed by atoms with E-state index in [0.29, 0.717) is 5.75 Å². The molecule has 0 spiro atoms. The van der Waals surface area contributed by atoms with Crippen molar-refractivity contribution in [2.75, 3.05) is 7.11 Å². The summed E-state index contributed by atoms with van der Waals surface area (Å²) >= 11 is 0. The predicted octanol–water partition coefficient (Wildman–Crippen LogP) is 4.10. The number of aromatic nitrogens is 1. The predicted molar refractivity (Wildman–Crippen MR) is 128 cm³/mol. The van der Waals surface area contributed by atoms with Gasteiger partial charge in [-0.1, -0.05) is 50.2 Å². The van der Waals surface area contributed by atoms with Gasteiger partial charge in [0.15, 0.2) is 17.2 Å². The van der Waals surface area contributed by atoms with E-state index in [0.717, 1.165) is 10.8 Å². The van der Waals surface area contributed by atoms with E-state index < -0.39 is 35.9 Å². The normalized spacial score (nSPS) is 13.7. The minimum atomic E-state index is -0.979. The molecule has 3 atom stereocenters. The molecule has 3 aromatic rings. The number of carbonyl (C=O) groups excluding carboxylic acids is 2. The van der Waals surface area contributed by atoms with Crippen molar-refractivity contribution in [2.45, 2.75) is 45.9 Å². The van der Waals surface area contributed by atoms with E-state index in [-0.39, 0.29) is 17.4 Å². The summed E-state index contributed by atoms with van der Waals surface area (Å²) in [5, 5.41) is 14.7. The van der Waals surface area contributed by atoms with Crippen LogP contribution in [0, 0.1) is 5.92 Å². The van der Waals surface area contributed by atoms with Crippen molar-refractivity contribution >= 4 is 22.6 Å². The summed E-state index contributed by atoms with van der Waals surface area (Å²) in [6.07, 6.45) is 0.326. The number of hydrogen-bond donors (Lipinski definition) is 2. The average molecular weight is 467 g/mol. The van der Waals surface area contributed by atoms with Crippen LogP contribution in [0.15, 0.2) is 54.7 Å². The lowest BCUT2D eigenvalue weighted by Gasteiger charge is -2.29. The van der Waals surface area contributed by atoms with Crippen molar-refractivity contribution in [1.29, 1.82) is 0 Å². The van der Waals surface area contributed by atoms with Gasteiger partial charge in [0.2, 0.25) is 0 Å². The summed E-state index contributed by atoms with van der Waals surface area (Å²) in [6.45, 7) is 7.24. The molecule has 180 valence electrons. The van der Waals surface area contributed by atoms with Gasteiger partial charge in [-0.25, -0.2) is 9.78 Å². The quantitative estimate of drug-likeness (QED) is 0.457. The molecule has 0 aliphatic rings. The molecule has 8 nitrogen and oxygen atoms in total. The third-order valence-electron chi connectivity index (χ3n) is 5.46. The Kier molecular flexibility index (Phi) is 7.94.